The van der Waals surface area contributed by atoms with Gasteiger partial charge in [-0.1, -0.05) is 30.3 Å². The maximum absolute atomic E-state index is 12.4. The molecule has 3 rings (SSSR count). The second-order valence-corrected chi connectivity index (χ2v) is 5.11. The number of benzene rings is 2. The molecule has 0 saturated heterocycles. The minimum absolute atomic E-state index is 0.229. The number of rotatable bonds is 3. The molecular formula is C17H12F3NO. The highest BCUT2D eigenvalue weighted by molar-refractivity contribution is 5.99. The number of H-pyrrole nitrogens is 1. The fourth-order valence-electron chi connectivity index (χ4n) is 2.47. The normalized spacial score (nSPS) is 11.8. The number of aldehydes is 1. The first kappa shape index (κ1) is 14.4. The van der Waals surface area contributed by atoms with Gasteiger partial charge in [0.25, 0.3) is 0 Å². The molecule has 2 nitrogen and oxygen atoms in total. The van der Waals surface area contributed by atoms with E-state index in [0.717, 1.165) is 28.3 Å². The third-order valence-electron chi connectivity index (χ3n) is 3.53. The fourth-order valence-corrected chi connectivity index (χ4v) is 2.47. The number of hydrogen-bond acceptors (Lipinski definition) is 1. The Balaban J connectivity index is 1.95. The van der Waals surface area contributed by atoms with Gasteiger partial charge < -0.3 is 4.98 Å². The summed E-state index contributed by atoms with van der Waals surface area (Å²) in [5, 5.41) is 0.798. The van der Waals surface area contributed by atoms with E-state index in [1.165, 1.54) is 12.1 Å². The van der Waals surface area contributed by atoms with E-state index in [-0.39, 0.29) is 5.56 Å². The van der Waals surface area contributed by atoms with Gasteiger partial charge in [0.05, 0.1) is 6.42 Å². The molecule has 0 radical (unpaired) electrons. The first-order chi connectivity index (χ1) is 10.5. The van der Waals surface area contributed by atoms with Gasteiger partial charge in [0.15, 0.2) is 6.29 Å². The lowest BCUT2D eigenvalue weighted by molar-refractivity contribution is -0.127. The minimum atomic E-state index is -4.20. The summed E-state index contributed by atoms with van der Waals surface area (Å²) in [6.07, 6.45) is -2.73. The summed E-state index contributed by atoms with van der Waals surface area (Å²) in [5.41, 5.74) is 3.30. The Morgan fingerprint density at radius 3 is 2.32 bits per heavy atom. The van der Waals surface area contributed by atoms with E-state index in [4.69, 9.17) is 0 Å². The van der Waals surface area contributed by atoms with Crippen LogP contribution in [0.1, 0.15) is 15.9 Å². The van der Waals surface area contributed by atoms with Crippen LogP contribution in [0.15, 0.2) is 48.7 Å². The van der Waals surface area contributed by atoms with Crippen molar-refractivity contribution in [2.45, 2.75) is 12.6 Å². The van der Waals surface area contributed by atoms with Gasteiger partial charge in [-0.3, -0.25) is 4.79 Å². The van der Waals surface area contributed by atoms with Gasteiger partial charge in [0.2, 0.25) is 0 Å². The van der Waals surface area contributed by atoms with Crippen molar-refractivity contribution in [3.63, 3.8) is 0 Å². The minimum Gasteiger partial charge on any atom is -0.360 e. The van der Waals surface area contributed by atoms with Crippen LogP contribution in [0.25, 0.3) is 22.0 Å². The van der Waals surface area contributed by atoms with Gasteiger partial charge in [-0.15, -0.1) is 0 Å². The van der Waals surface area contributed by atoms with E-state index in [1.54, 1.807) is 18.3 Å². The zero-order valence-electron chi connectivity index (χ0n) is 11.4. The van der Waals surface area contributed by atoms with Crippen molar-refractivity contribution in [2.24, 2.45) is 0 Å². The Hall–Kier alpha value is -2.56. The average molecular weight is 303 g/mol. The average Bonchev–Trinajstić information content (AvgIpc) is 2.88. The second kappa shape index (κ2) is 5.33. The van der Waals surface area contributed by atoms with E-state index >= 15 is 0 Å². The van der Waals surface area contributed by atoms with Crippen molar-refractivity contribution in [3.8, 4) is 11.1 Å². The molecule has 0 fully saturated rings. The van der Waals surface area contributed by atoms with Gasteiger partial charge in [-0.2, -0.15) is 13.2 Å². The maximum Gasteiger partial charge on any atom is 0.393 e. The summed E-state index contributed by atoms with van der Waals surface area (Å²) in [6.45, 7) is 0. The topological polar surface area (TPSA) is 32.9 Å². The van der Waals surface area contributed by atoms with E-state index in [2.05, 4.69) is 4.98 Å². The Labute approximate surface area is 124 Å². The lowest BCUT2D eigenvalue weighted by Crippen LogP contribution is -2.11. The Morgan fingerprint density at radius 1 is 1.00 bits per heavy atom. The second-order valence-electron chi connectivity index (χ2n) is 5.11. The molecule has 0 aliphatic carbocycles. The molecular weight excluding hydrogens is 291 g/mol. The van der Waals surface area contributed by atoms with E-state index in [1.807, 2.05) is 18.2 Å². The van der Waals surface area contributed by atoms with E-state index < -0.39 is 12.6 Å². The molecule has 3 aromatic rings. The van der Waals surface area contributed by atoms with Crippen LogP contribution >= 0.6 is 0 Å². The van der Waals surface area contributed by atoms with Crippen molar-refractivity contribution < 1.29 is 18.0 Å². The number of alkyl halides is 3. The van der Waals surface area contributed by atoms with Crippen molar-refractivity contribution >= 4 is 17.2 Å². The first-order valence-corrected chi connectivity index (χ1v) is 6.69. The number of aromatic amines is 1. The third-order valence-corrected chi connectivity index (χ3v) is 3.53. The summed E-state index contributed by atoms with van der Waals surface area (Å²) in [6, 6.07) is 11.8. The Kier molecular flexibility index (Phi) is 3.48. The lowest BCUT2D eigenvalue weighted by Gasteiger charge is -2.08. The predicted molar refractivity (Wildman–Crippen MR) is 78.9 cm³/mol. The zero-order valence-corrected chi connectivity index (χ0v) is 11.4. The molecule has 0 aliphatic rings. The zero-order chi connectivity index (χ0) is 15.7. The number of halogens is 3. The van der Waals surface area contributed by atoms with Crippen LogP contribution in [-0.4, -0.2) is 17.4 Å². The highest BCUT2D eigenvalue weighted by Crippen LogP contribution is 2.27. The van der Waals surface area contributed by atoms with Crippen molar-refractivity contribution in [2.75, 3.05) is 0 Å². The smallest absolute Gasteiger partial charge is 0.360 e. The summed E-state index contributed by atoms with van der Waals surface area (Å²) in [5.74, 6) is 0. The van der Waals surface area contributed by atoms with Crippen molar-refractivity contribution in [3.05, 3.63) is 59.8 Å². The summed E-state index contributed by atoms with van der Waals surface area (Å²) < 4.78 is 37.1. The quantitative estimate of drug-likeness (QED) is 0.696. The van der Waals surface area contributed by atoms with Crippen LogP contribution in [0, 0.1) is 0 Å². The molecule has 0 atom stereocenters. The lowest BCUT2D eigenvalue weighted by atomic mass is 10.0. The first-order valence-electron chi connectivity index (χ1n) is 6.69. The van der Waals surface area contributed by atoms with Gasteiger partial charge in [0.1, 0.15) is 0 Å². The molecule has 1 N–H and O–H groups in total. The monoisotopic (exact) mass is 303 g/mol. The fraction of sp³-hybridized carbons (Fsp3) is 0.118. The van der Waals surface area contributed by atoms with E-state index in [0.29, 0.717) is 5.56 Å². The maximum atomic E-state index is 12.4. The van der Waals surface area contributed by atoms with Crippen molar-refractivity contribution in [1.29, 1.82) is 0 Å². The van der Waals surface area contributed by atoms with Crippen molar-refractivity contribution in [1.82, 2.24) is 4.98 Å². The Morgan fingerprint density at radius 2 is 1.68 bits per heavy atom. The molecule has 2 aromatic carbocycles. The van der Waals surface area contributed by atoms with E-state index in [9.17, 15) is 18.0 Å². The number of aromatic nitrogens is 1. The van der Waals surface area contributed by atoms with Crippen LogP contribution in [0.5, 0.6) is 0 Å². The molecule has 0 unspecified atom stereocenters. The van der Waals surface area contributed by atoms with Gasteiger partial charge in [-0.25, -0.2) is 0 Å². The standard InChI is InChI=1S/C17H12F3NO/c18-17(19,20)8-11-1-3-12(4-2-11)13-5-6-16-15(7-13)14(10-22)9-21-16/h1-7,9-10,21H,8H2. The van der Waals surface area contributed by atoms with Crippen LogP contribution in [0.2, 0.25) is 0 Å². The number of hydrogen-bond donors (Lipinski definition) is 1. The molecule has 112 valence electrons. The Bertz CT molecular complexity index is 816. The van der Waals surface area contributed by atoms with Crippen LogP contribution < -0.4 is 0 Å². The molecule has 5 heteroatoms. The number of carbonyl (C=O) groups excluding carboxylic acids is 1. The molecule has 22 heavy (non-hydrogen) atoms. The molecule has 0 bridgehead atoms. The summed E-state index contributed by atoms with van der Waals surface area (Å²) in [4.78, 5) is 14.0. The molecule has 0 amide bonds. The van der Waals surface area contributed by atoms with Gasteiger partial charge >= 0.3 is 6.18 Å². The summed E-state index contributed by atoms with van der Waals surface area (Å²) in [7, 11) is 0. The summed E-state index contributed by atoms with van der Waals surface area (Å²) >= 11 is 0. The largest absolute Gasteiger partial charge is 0.393 e. The molecule has 0 spiro atoms. The molecule has 1 heterocycles. The van der Waals surface area contributed by atoms with Crippen LogP contribution in [0.4, 0.5) is 13.2 Å². The molecule has 0 aliphatic heterocycles. The van der Waals surface area contributed by atoms with Crippen LogP contribution in [-0.2, 0) is 6.42 Å². The van der Waals surface area contributed by atoms with Gasteiger partial charge in [-0.05, 0) is 28.8 Å². The number of fused-ring (bicyclic) bond motifs is 1. The predicted octanol–water partition coefficient (Wildman–Crippen LogP) is 4.75. The number of nitrogens with one attached hydrogen (secondary N) is 1. The number of carbonyl (C=O) groups is 1. The van der Waals surface area contributed by atoms with Gasteiger partial charge in [0, 0.05) is 22.7 Å². The molecule has 1 aromatic heterocycles. The highest BCUT2D eigenvalue weighted by atomic mass is 19.4. The highest BCUT2D eigenvalue weighted by Gasteiger charge is 2.27. The molecule has 0 saturated carbocycles. The third kappa shape index (κ3) is 2.88. The van der Waals surface area contributed by atoms with Crippen LogP contribution in [0.3, 0.4) is 0 Å². The SMILES string of the molecule is O=Cc1c[nH]c2ccc(-c3ccc(CC(F)(F)F)cc3)cc12.